The lowest BCUT2D eigenvalue weighted by Crippen LogP contribution is -2.19. The van der Waals surface area contributed by atoms with Gasteiger partial charge in [0.1, 0.15) is 0 Å². The first-order valence-corrected chi connectivity index (χ1v) is 6.59. The fourth-order valence-electron chi connectivity index (χ4n) is 2.42. The molecule has 1 aliphatic rings. The number of hydrogen-bond donors (Lipinski definition) is 1. The lowest BCUT2D eigenvalue weighted by atomic mass is 10.1. The first kappa shape index (κ1) is 11.6. The van der Waals surface area contributed by atoms with E-state index in [0.29, 0.717) is 12.1 Å². The molecule has 2 N–H and O–H groups in total. The number of nitrogens with two attached hydrogens (primary N) is 1. The molecule has 0 spiro atoms. The molecule has 0 amide bonds. The molecule has 1 heterocycles. The number of rotatable bonds is 5. The van der Waals surface area contributed by atoms with Crippen molar-refractivity contribution in [1.29, 1.82) is 0 Å². The van der Waals surface area contributed by atoms with Gasteiger partial charge in [-0.3, -0.25) is 4.68 Å². The van der Waals surface area contributed by atoms with Gasteiger partial charge in [0.25, 0.3) is 0 Å². The molecule has 0 saturated heterocycles. The molecule has 1 atom stereocenters. The summed E-state index contributed by atoms with van der Waals surface area (Å²) in [5.74, 6) is 0. The molecule has 3 heteroatoms. The van der Waals surface area contributed by atoms with E-state index >= 15 is 0 Å². The minimum atomic E-state index is 0.330. The van der Waals surface area contributed by atoms with Crippen LogP contribution in [-0.4, -0.2) is 15.8 Å². The topological polar surface area (TPSA) is 43.8 Å². The minimum absolute atomic E-state index is 0.330. The molecule has 1 fully saturated rings. The third-order valence-corrected chi connectivity index (χ3v) is 3.66. The number of aryl methyl sites for hydroxylation is 1. The Hall–Kier alpha value is -0.830. The van der Waals surface area contributed by atoms with Crippen LogP contribution in [0.5, 0.6) is 0 Å². The van der Waals surface area contributed by atoms with Crippen molar-refractivity contribution in [3.8, 4) is 0 Å². The summed E-state index contributed by atoms with van der Waals surface area (Å²) in [6.07, 6.45) is 10.6. The van der Waals surface area contributed by atoms with E-state index in [2.05, 4.69) is 29.0 Å². The summed E-state index contributed by atoms with van der Waals surface area (Å²) in [6, 6.07) is 3.14. The predicted molar refractivity (Wildman–Crippen MR) is 66.3 cm³/mol. The van der Waals surface area contributed by atoms with Gasteiger partial charge in [-0.2, -0.15) is 5.10 Å². The highest BCUT2D eigenvalue weighted by molar-refractivity contribution is 5.00. The Morgan fingerprint density at radius 3 is 2.94 bits per heavy atom. The summed E-state index contributed by atoms with van der Waals surface area (Å²) in [5.41, 5.74) is 7.12. The van der Waals surface area contributed by atoms with Crippen LogP contribution in [0.3, 0.4) is 0 Å². The summed E-state index contributed by atoms with van der Waals surface area (Å²) in [5, 5.41) is 4.66. The normalized spacial score (nSPS) is 19.1. The second kappa shape index (κ2) is 5.48. The molecule has 1 saturated carbocycles. The summed E-state index contributed by atoms with van der Waals surface area (Å²) < 4.78 is 2.17. The average Bonchev–Trinajstić information content (AvgIpc) is 2.95. The predicted octanol–water partition coefficient (Wildman–Crippen LogP) is 2.67. The molecule has 1 unspecified atom stereocenters. The van der Waals surface area contributed by atoms with E-state index in [4.69, 9.17) is 5.73 Å². The van der Waals surface area contributed by atoms with E-state index in [9.17, 15) is 0 Å². The number of aromatic nitrogens is 2. The molecule has 1 aromatic rings. The van der Waals surface area contributed by atoms with Crippen LogP contribution >= 0.6 is 0 Å². The largest absolute Gasteiger partial charge is 0.328 e. The highest BCUT2D eigenvalue weighted by Gasteiger charge is 2.17. The van der Waals surface area contributed by atoms with Gasteiger partial charge < -0.3 is 5.73 Å². The van der Waals surface area contributed by atoms with Crippen LogP contribution in [-0.2, 0) is 6.42 Å². The maximum Gasteiger partial charge on any atom is 0.0625 e. The first-order chi connectivity index (χ1) is 7.79. The molecule has 0 bridgehead atoms. The van der Waals surface area contributed by atoms with Crippen LogP contribution in [0.2, 0.25) is 0 Å². The lowest BCUT2D eigenvalue weighted by molar-refractivity contribution is 0.461. The maximum atomic E-state index is 5.92. The second-order valence-corrected chi connectivity index (χ2v) is 4.93. The van der Waals surface area contributed by atoms with Gasteiger partial charge in [-0.15, -0.1) is 0 Å². The highest BCUT2D eigenvalue weighted by Crippen LogP contribution is 2.28. The van der Waals surface area contributed by atoms with E-state index < -0.39 is 0 Å². The Kier molecular flexibility index (Phi) is 3.99. The molecule has 1 aliphatic carbocycles. The molecule has 0 aromatic carbocycles. The fourth-order valence-corrected chi connectivity index (χ4v) is 2.42. The molecule has 3 nitrogen and oxygen atoms in total. The van der Waals surface area contributed by atoms with Crippen LogP contribution in [0.25, 0.3) is 0 Å². The van der Waals surface area contributed by atoms with Gasteiger partial charge >= 0.3 is 0 Å². The lowest BCUT2D eigenvalue weighted by Gasteiger charge is -2.09. The number of nitrogens with zero attached hydrogens (tertiary/aromatic N) is 2. The molecule has 16 heavy (non-hydrogen) atoms. The zero-order chi connectivity index (χ0) is 11.4. The SMILES string of the molecule is CCC(N)CCc1ccn(C2CCCC2)n1. The molecular formula is C13H23N3. The van der Waals surface area contributed by atoms with Gasteiger partial charge in [0.2, 0.25) is 0 Å². The van der Waals surface area contributed by atoms with Crippen LogP contribution in [0.15, 0.2) is 12.3 Å². The molecule has 2 rings (SSSR count). The summed E-state index contributed by atoms with van der Waals surface area (Å²) in [4.78, 5) is 0. The van der Waals surface area contributed by atoms with Gasteiger partial charge in [-0.05, 0) is 38.2 Å². The van der Waals surface area contributed by atoms with Crippen LogP contribution in [0, 0.1) is 0 Å². The monoisotopic (exact) mass is 221 g/mol. The molecule has 90 valence electrons. The van der Waals surface area contributed by atoms with Crippen molar-refractivity contribution in [1.82, 2.24) is 9.78 Å². The minimum Gasteiger partial charge on any atom is -0.328 e. The van der Waals surface area contributed by atoms with Crippen molar-refractivity contribution in [2.24, 2.45) is 5.73 Å². The summed E-state index contributed by atoms with van der Waals surface area (Å²) in [7, 11) is 0. The van der Waals surface area contributed by atoms with Crippen molar-refractivity contribution in [3.05, 3.63) is 18.0 Å². The van der Waals surface area contributed by atoms with Crippen molar-refractivity contribution >= 4 is 0 Å². The standard InChI is InChI=1S/C13H23N3/c1-2-11(14)7-8-12-9-10-16(15-12)13-5-3-4-6-13/h9-11,13H,2-8,14H2,1H3. The quantitative estimate of drug-likeness (QED) is 0.830. The average molecular weight is 221 g/mol. The zero-order valence-corrected chi connectivity index (χ0v) is 10.2. The molecule has 0 aliphatic heterocycles. The van der Waals surface area contributed by atoms with Gasteiger partial charge in [0, 0.05) is 12.2 Å². The van der Waals surface area contributed by atoms with Crippen molar-refractivity contribution in [3.63, 3.8) is 0 Å². The summed E-state index contributed by atoms with van der Waals surface area (Å²) >= 11 is 0. The zero-order valence-electron chi connectivity index (χ0n) is 10.2. The van der Waals surface area contributed by atoms with Crippen LogP contribution < -0.4 is 5.73 Å². The van der Waals surface area contributed by atoms with Crippen LogP contribution in [0.4, 0.5) is 0 Å². The molecule has 0 radical (unpaired) electrons. The van der Waals surface area contributed by atoms with E-state index in [1.165, 1.54) is 31.4 Å². The van der Waals surface area contributed by atoms with E-state index in [1.54, 1.807) is 0 Å². The fraction of sp³-hybridized carbons (Fsp3) is 0.769. The summed E-state index contributed by atoms with van der Waals surface area (Å²) in [6.45, 7) is 2.14. The maximum absolute atomic E-state index is 5.92. The van der Waals surface area contributed by atoms with E-state index in [-0.39, 0.29) is 0 Å². The van der Waals surface area contributed by atoms with Gasteiger partial charge in [0.15, 0.2) is 0 Å². The van der Waals surface area contributed by atoms with Gasteiger partial charge in [-0.25, -0.2) is 0 Å². The highest BCUT2D eigenvalue weighted by atomic mass is 15.3. The molecule has 1 aromatic heterocycles. The number of hydrogen-bond acceptors (Lipinski definition) is 2. The van der Waals surface area contributed by atoms with Gasteiger partial charge in [-0.1, -0.05) is 19.8 Å². The third kappa shape index (κ3) is 2.85. The third-order valence-electron chi connectivity index (χ3n) is 3.66. The van der Waals surface area contributed by atoms with Crippen molar-refractivity contribution in [2.45, 2.75) is 64.0 Å². The van der Waals surface area contributed by atoms with Gasteiger partial charge in [0.05, 0.1) is 11.7 Å². The Morgan fingerprint density at radius 2 is 2.25 bits per heavy atom. The van der Waals surface area contributed by atoms with E-state index in [0.717, 1.165) is 19.3 Å². The Morgan fingerprint density at radius 1 is 1.50 bits per heavy atom. The van der Waals surface area contributed by atoms with Crippen molar-refractivity contribution in [2.75, 3.05) is 0 Å². The van der Waals surface area contributed by atoms with E-state index in [1.807, 2.05) is 0 Å². The second-order valence-electron chi connectivity index (χ2n) is 4.93. The Labute approximate surface area is 98.0 Å². The molecular weight excluding hydrogens is 198 g/mol. The Balaban J connectivity index is 1.86. The Bertz CT molecular complexity index is 313. The smallest absolute Gasteiger partial charge is 0.0625 e. The van der Waals surface area contributed by atoms with Crippen LogP contribution in [0.1, 0.15) is 57.2 Å². The van der Waals surface area contributed by atoms with Crippen molar-refractivity contribution < 1.29 is 0 Å². The first-order valence-electron chi connectivity index (χ1n) is 6.59.